The number of hydrogen-bond acceptors (Lipinski definition) is 4. The molecule has 6 heteroatoms. The van der Waals surface area contributed by atoms with Crippen LogP contribution in [-0.2, 0) is 11.2 Å². The Hall–Kier alpha value is -0.230. The zero-order valence-corrected chi connectivity index (χ0v) is 12.9. The Bertz CT molecular complexity index is 384. The number of likely N-dealkylation sites (N-methyl/N-ethyl adjacent to an activating group) is 1. The third kappa shape index (κ3) is 3.88. The van der Waals surface area contributed by atoms with Crippen molar-refractivity contribution in [2.24, 2.45) is 0 Å². The first-order chi connectivity index (χ1) is 8.33. The van der Waals surface area contributed by atoms with Crippen molar-refractivity contribution in [3.8, 4) is 0 Å². The maximum Gasteiger partial charge on any atom is 0.237 e. The Morgan fingerprint density at radius 1 is 1.50 bits per heavy atom. The molecule has 18 heavy (non-hydrogen) atoms. The standard InChI is InChI=1S/C12H18N2OS2.ClH/c1-2-13-5-6-14-12(15)11-9-3-7-16-10(9)4-8-17-11;/h3,7,11,13H,2,4-6,8H2,1H3,(H,14,15);1H. The van der Waals surface area contributed by atoms with Gasteiger partial charge in [-0.3, -0.25) is 4.79 Å². The summed E-state index contributed by atoms with van der Waals surface area (Å²) in [6, 6.07) is 2.10. The normalized spacial score (nSPS) is 17.7. The number of rotatable bonds is 5. The van der Waals surface area contributed by atoms with Crippen LogP contribution >= 0.6 is 35.5 Å². The van der Waals surface area contributed by atoms with Gasteiger partial charge in [0.15, 0.2) is 0 Å². The van der Waals surface area contributed by atoms with Gasteiger partial charge in [0.1, 0.15) is 5.25 Å². The van der Waals surface area contributed by atoms with Crippen LogP contribution in [0.2, 0.25) is 0 Å². The first-order valence-electron chi connectivity index (χ1n) is 5.99. The van der Waals surface area contributed by atoms with Crippen LogP contribution in [0.4, 0.5) is 0 Å². The number of hydrogen-bond donors (Lipinski definition) is 2. The van der Waals surface area contributed by atoms with Crippen LogP contribution in [-0.4, -0.2) is 31.3 Å². The summed E-state index contributed by atoms with van der Waals surface area (Å²) in [4.78, 5) is 13.5. The molecule has 1 atom stereocenters. The molecule has 0 bridgehead atoms. The van der Waals surface area contributed by atoms with Crippen LogP contribution in [0.25, 0.3) is 0 Å². The van der Waals surface area contributed by atoms with Crippen molar-refractivity contribution in [2.75, 3.05) is 25.4 Å². The molecule has 1 amide bonds. The predicted octanol–water partition coefficient (Wildman–Crippen LogP) is 2.23. The highest BCUT2D eigenvalue weighted by Gasteiger charge is 2.27. The van der Waals surface area contributed by atoms with Gasteiger partial charge in [-0.05, 0) is 35.7 Å². The molecule has 0 radical (unpaired) electrons. The van der Waals surface area contributed by atoms with Crippen LogP contribution in [0.5, 0.6) is 0 Å². The molecule has 2 heterocycles. The fraction of sp³-hybridized carbons (Fsp3) is 0.583. The minimum absolute atomic E-state index is 0. The van der Waals surface area contributed by atoms with Crippen molar-refractivity contribution in [3.05, 3.63) is 21.9 Å². The molecule has 1 aliphatic rings. The summed E-state index contributed by atoms with van der Waals surface area (Å²) >= 11 is 3.53. The Kier molecular flexibility index (Phi) is 7.07. The third-order valence-corrected chi connectivity index (χ3v) is 5.00. The molecule has 0 saturated heterocycles. The van der Waals surface area contributed by atoms with Gasteiger partial charge < -0.3 is 10.6 Å². The lowest BCUT2D eigenvalue weighted by atomic mass is 10.1. The van der Waals surface area contributed by atoms with Crippen LogP contribution < -0.4 is 10.6 Å². The van der Waals surface area contributed by atoms with Gasteiger partial charge in [-0.25, -0.2) is 0 Å². The summed E-state index contributed by atoms with van der Waals surface area (Å²) in [5, 5.41) is 8.30. The van der Waals surface area contributed by atoms with Crippen LogP contribution in [0.3, 0.4) is 0 Å². The van der Waals surface area contributed by atoms with E-state index in [1.807, 2.05) is 0 Å². The quantitative estimate of drug-likeness (QED) is 0.820. The third-order valence-electron chi connectivity index (χ3n) is 2.77. The van der Waals surface area contributed by atoms with Crippen molar-refractivity contribution in [3.63, 3.8) is 0 Å². The topological polar surface area (TPSA) is 41.1 Å². The van der Waals surface area contributed by atoms with Gasteiger partial charge in [0.2, 0.25) is 5.91 Å². The number of carbonyl (C=O) groups excluding carboxylic acids is 1. The van der Waals surface area contributed by atoms with Gasteiger partial charge in [-0.2, -0.15) is 0 Å². The zero-order valence-electron chi connectivity index (χ0n) is 10.4. The van der Waals surface area contributed by atoms with Gasteiger partial charge in [-0.15, -0.1) is 35.5 Å². The molecule has 0 aromatic carbocycles. The summed E-state index contributed by atoms with van der Waals surface area (Å²) in [5.41, 5.74) is 1.23. The number of carbonyl (C=O) groups is 1. The Morgan fingerprint density at radius 2 is 2.33 bits per heavy atom. The minimum Gasteiger partial charge on any atom is -0.354 e. The van der Waals surface area contributed by atoms with Crippen LogP contribution in [0.15, 0.2) is 11.4 Å². The van der Waals surface area contributed by atoms with E-state index >= 15 is 0 Å². The van der Waals surface area contributed by atoms with Gasteiger partial charge in [-0.1, -0.05) is 6.92 Å². The lowest BCUT2D eigenvalue weighted by Gasteiger charge is -2.21. The lowest BCUT2D eigenvalue weighted by Crippen LogP contribution is -2.35. The second-order valence-corrected chi connectivity index (χ2v) is 6.16. The molecule has 1 aliphatic heterocycles. The van der Waals surface area contributed by atoms with E-state index < -0.39 is 0 Å². The fourth-order valence-electron chi connectivity index (χ4n) is 1.91. The smallest absolute Gasteiger partial charge is 0.237 e. The molecule has 0 fully saturated rings. The van der Waals surface area contributed by atoms with E-state index in [-0.39, 0.29) is 23.6 Å². The first kappa shape index (κ1) is 15.8. The fourth-order valence-corrected chi connectivity index (χ4v) is 4.22. The molecule has 102 valence electrons. The van der Waals surface area contributed by atoms with E-state index in [0.717, 1.165) is 25.3 Å². The molecule has 1 aromatic heterocycles. The molecule has 1 unspecified atom stereocenters. The molecule has 2 N–H and O–H groups in total. The van der Waals surface area contributed by atoms with Gasteiger partial charge in [0.25, 0.3) is 0 Å². The van der Waals surface area contributed by atoms with Crippen molar-refractivity contribution in [1.29, 1.82) is 0 Å². The van der Waals surface area contributed by atoms with E-state index in [4.69, 9.17) is 0 Å². The second-order valence-electron chi connectivity index (χ2n) is 3.94. The van der Waals surface area contributed by atoms with E-state index in [2.05, 4.69) is 29.0 Å². The summed E-state index contributed by atoms with van der Waals surface area (Å²) in [6.07, 6.45) is 1.11. The van der Waals surface area contributed by atoms with E-state index in [1.54, 1.807) is 23.1 Å². The number of halogens is 1. The highest BCUT2D eigenvalue weighted by molar-refractivity contribution is 8.00. The van der Waals surface area contributed by atoms with Crippen LogP contribution in [0, 0.1) is 0 Å². The molecule has 0 spiro atoms. The number of nitrogens with one attached hydrogen (secondary N) is 2. The highest BCUT2D eigenvalue weighted by Crippen LogP contribution is 2.39. The van der Waals surface area contributed by atoms with E-state index in [0.29, 0.717) is 6.54 Å². The molecule has 0 saturated carbocycles. The van der Waals surface area contributed by atoms with Crippen LogP contribution in [0.1, 0.15) is 22.6 Å². The highest BCUT2D eigenvalue weighted by atomic mass is 35.5. The lowest BCUT2D eigenvalue weighted by molar-refractivity contribution is -0.120. The SMILES string of the molecule is CCNCCNC(=O)C1SCCc2sccc21.Cl. The number of aryl methyl sites for hydroxylation is 1. The summed E-state index contributed by atoms with van der Waals surface area (Å²) in [5.74, 6) is 1.21. The number of fused-ring (bicyclic) bond motifs is 1. The average molecular weight is 307 g/mol. The monoisotopic (exact) mass is 306 g/mol. The Labute approximate surface area is 123 Å². The van der Waals surface area contributed by atoms with Crippen molar-refractivity contribution in [1.82, 2.24) is 10.6 Å². The van der Waals surface area contributed by atoms with Gasteiger partial charge in [0.05, 0.1) is 0 Å². The molecule has 2 rings (SSSR count). The van der Waals surface area contributed by atoms with Gasteiger partial charge in [0, 0.05) is 18.0 Å². The first-order valence-corrected chi connectivity index (χ1v) is 7.92. The van der Waals surface area contributed by atoms with E-state index in [9.17, 15) is 4.79 Å². The van der Waals surface area contributed by atoms with Crippen molar-refractivity contribution >= 4 is 41.4 Å². The second kappa shape index (κ2) is 8.04. The summed E-state index contributed by atoms with van der Waals surface area (Å²) in [6.45, 7) is 4.57. The Morgan fingerprint density at radius 3 is 3.11 bits per heavy atom. The summed E-state index contributed by atoms with van der Waals surface area (Å²) in [7, 11) is 0. The molecule has 0 aliphatic carbocycles. The molecular weight excluding hydrogens is 288 g/mol. The maximum atomic E-state index is 12.1. The molecule has 3 nitrogen and oxygen atoms in total. The largest absolute Gasteiger partial charge is 0.354 e. The molecule has 1 aromatic rings. The zero-order chi connectivity index (χ0) is 12.1. The summed E-state index contributed by atoms with van der Waals surface area (Å²) < 4.78 is 0. The van der Waals surface area contributed by atoms with E-state index in [1.165, 1.54) is 10.4 Å². The number of amides is 1. The number of thioether (sulfide) groups is 1. The molecular formula is C12H19ClN2OS2. The maximum absolute atomic E-state index is 12.1. The minimum atomic E-state index is 0. The Balaban J connectivity index is 0.00000162. The van der Waals surface area contributed by atoms with Crippen molar-refractivity contribution < 1.29 is 4.79 Å². The van der Waals surface area contributed by atoms with Crippen molar-refractivity contribution in [2.45, 2.75) is 18.6 Å². The van der Waals surface area contributed by atoms with Gasteiger partial charge >= 0.3 is 0 Å². The number of thiophene rings is 1. The predicted molar refractivity (Wildman–Crippen MR) is 82.0 cm³/mol. The average Bonchev–Trinajstić information content (AvgIpc) is 2.82.